The predicted octanol–water partition coefficient (Wildman–Crippen LogP) is 1.46. The van der Waals surface area contributed by atoms with Crippen molar-refractivity contribution in [2.45, 2.75) is 39.0 Å². The van der Waals surface area contributed by atoms with Gasteiger partial charge in [-0.15, -0.1) is 0 Å². The Morgan fingerprint density at radius 1 is 1.33 bits per heavy atom. The van der Waals surface area contributed by atoms with Crippen LogP contribution in [0.25, 0.3) is 0 Å². The molecule has 0 heterocycles. The largest absolute Gasteiger partial charge is 0.481 e. The first kappa shape index (κ1) is 12.5. The van der Waals surface area contributed by atoms with E-state index in [1.165, 1.54) is 0 Å². The lowest BCUT2D eigenvalue weighted by molar-refractivity contribution is -0.148. The van der Waals surface area contributed by atoms with Gasteiger partial charge in [-0.25, -0.2) is 8.42 Å². The Labute approximate surface area is 90.6 Å². The zero-order valence-corrected chi connectivity index (χ0v) is 9.85. The number of carbonyl (C=O) groups is 1. The molecule has 1 rings (SSSR count). The van der Waals surface area contributed by atoms with E-state index < -0.39 is 21.2 Å². The summed E-state index contributed by atoms with van der Waals surface area (Å²) in [5, 5.41) is 9.14. The van der Waals surface area contributed by atoms with Crippen LogP contribution in [-0.4, -0.2) is 31.0 Å². The summed E-state index contributed by atoms with van der Waals surface area (Å²) < 4.78 is 22.7. The average molecular weight is 234 g/mol. The zero-order chi connectivity index (χ0) is 11.5. The maximum Gasteiger partial charge on any atom is 0.309 e. The van der Waals surface area contributed by atoms with Crippen LogP contribution in [0.5, 0.6) is 0 Å². The van der Waals surface area contributed by atoms with Gasteiger partial charge in [-0.2, -0.15) is 0 Å². The van der Waals surface area contributed by atoms with E-state index in [1.807, 2.05) is 0 Å². The Hall–Kier alpha value is -0.580. The summed E-state index contributed by atoms with van der Waals surface area (Å²) in [5.41, 5.74) is -0.762. The summed E-state index contributed by atoms with van der Waals surface area (Å²) in [6, 6.07) is 0. The van der Waals surface area contributed by atoms with E-state index >= 15 is 0 Å². The van der Waals surface area contributed by atoms with Crippen LogP contribution in [0, 0.1) is 5.41 Å². The molecule has 0 aliphatic heterocycles. The van der Waals surface area contributed by atoms with Crippen molar-refractivity contribution in [2.24, 2.45) is 5.41 Å². The summed E-state index contributed by atoms with van der Waals surface area (Å²) >= 11 is 0. The highest BCUT2D eigenvalue weighted by Gasteiger charge is 2.41. The topological polar surface area (TPSA) is 71.4 Å². The minimum absolute atomic E-state index is 0.00972. The van der Waals surface area contributed by atoms with Crippen molar-refractivity contribution in [1.82, 2.24) is 0 Å². The van der Waals surface area contributed by atoms with Crippen LogP contribution in [0.15, 0.2) is 0 Å². The van der Waals surface area contributed by atoms with Gasteiger partial charge >= 0.3 is 5.97 Å². The van der Waals surface area contributed by atoms with E-state index in [0.717, 1.165) is 12.8 Å². The van der Waals surface area contributed by atoms with Gasteiger partial charge in [0.25, 0.3) is 0 Å². The molecule has 4 nitrogen and oxygen atoms in total. The van der Waals surface area contributed by atoms with Crippen molar-refractivity contribution < 1.29 is 18.3 Å². The first-order chi connectivity index (χ1) is 6.92. The highest BCUT2D eigenvalue weighted by atomic mass is 32.2. The Bertz CT molecular complexity index is 325. The Morgan fingerprint density at radius 3 is 2.27 bits per heavy atom. The second-order valence-corrected chi connectivity index (χ2v) is 6.75. The van der Waals surface area contributed by atoms with Gasteiger partial charge in [0.1, 0.15) is 9.84 Å². The smallest absolute Gasteiger partial charge is 0.309 e. The van der Waals surface area contributed by atoms with Gasteiger partial charge in [0.05, 0.1) is 11.2 Å². The lowest BCUT2D eigenvalue weighted by atomic mass is 9.84. The van der Waals surface area contributed by atoms with E-state index in [-0.39, 0.29) is 17.9 Å². The molecule has 88 valence electrons. The summed E-state index contributed by atoms with van der Waals surface area (Å²) in [5.74, 6) is -0.718. The van der Waals surface area contributed by atoms with Crippen molar-refractivity contribution in [2.75, 3.05) is 11.5 Å². The standard InChI is InChI=1S/C10H18O4S/c1-2-15(13,14)8-7-10(9(11)12)5-3-4-6-10/h2-8H2,1H3,(H,11,12). The fourth-order valence-corrected chi connectivity index (χ4v) is 3.11. The average Bonchev–Trinajstić information content (AvgIpc) is 2.65. The lowest BCUT2D eigenvalue weighted by Gasteiger charge is -2.23. The van der Waals surface area contributed by atoms with Gasteiger partial charge in [-0.3, -0.25) is 4.79 Å². The van der Waals surface area contributed by atoms with Gasteiger partial charge in [0.15, 0.2) is 0 Å². The van der Waals surface area contributed by atoms with Gasteiger partial charge in [0, 0.05) is 5.75 Å². The number of hydrogen-bond donors (Lipinski definition) is 1. The van der Waals surface area contributed by atoms with Crippen LogP contribution in [0.1, 0.15) is 39.0 Å². The number of rotatable bonds is 5. The molecule has 0 saturated heterocycles. The summed E-state index contributed by atoms with van der Waals surface area (Å²) in [6.07, 6.45) is 3.33. The normalized spacial score (nSPS) is 20.3. The molecule has 1 N–H and O–H groups in total. The molecule has 0 amide bonds. The molecule has 0 unspecified atom stereocenters. The quantitative estimate of drug-likeness (QED) is 0.781. The van der Waals surface area contributed by atoms with Crippen molar-refractivity contribution in [3.8, 4) is 0 Å². The number of carboxylic acid groups (broad SMARTS) is 1. The third-order valence-electron chi connectivity index (χ3n) is 3.35. The molecular weight excluding hydrogens is 216 g/mol. The molecule has 0 bridgehead atoms. The van der Waals surface area contributed by atoms with E-state index in [2.05, 4.69) is 0 Å². The van der Waals surface area contributed by atoms with E-state index in [0.29, 0.717) is 12.8 Å². The highest BCUT2D eigenvalue weighted by molar-refractivity contribution is 7.91. The number of sulfone groups is 1. The fourth-order valence-electron chi connectivity index (χ4n) is 2.12. The second kappa shape index (κ2) is 4.51. The minimum Gasteiger partial charge on any atom is -0.481 e. The molecule has 5 heteroatoms. The van der Waals surface area contributed by atoms with Gasteiger partial charge in [-0.05, 0) is 19.3 Å². The number of carboxylic acids is 1. The first-order valence-electron chi connectivity index (χ1n) is 5.36. The molecule has 0 aromatic rings. The van der Waals surface area contributed by atoms with Crippen LogP contribution in [0.2, 0.25) is 0 Å². The first-order valence-corrected chi connectivity index (χ1v) is 7.18. The van der Waals surface area contributed by atoms with Crippen molar-refractivity contribution in [3.05, 3.63) is 0 Å². The van der Waals surface area contributed by atoms with Crippen LogP contribution in [0.3, 0.4) is 0 Å². The fraction of sp³-hybridized carbons (Fsp3) is 0.900. The molecule has 1 saturated carbocycles. The molecule has 0 aromatic carbocycles. The second-order valence-electron chi connectivity index (χ2n) is 4.28. The molecule has 0 radical (unpaired) electrons. The van der Waals surface area contributed by atoms with Crippen LogP contribution in [-0.2, 0) is 14.6 Å². The van der Waals surface area contributed by atoms with Gasteiger partial charge in [-0.1, -0.05) is 19.8 Å². The molecule has 1 fully saturated rings. The van der Waals surface area contributed by atoms with Gasteiger partial charge in [0.2, 0.25) is 0 Å². The minimum atomic E-state index is -3.04. The number of hydrogen-bond acceptors (Lipinski definition) is 3. The Morgan fingerprint density at radius 2 is 1.87 bits per heavy atom. The van der Waals surface area contributed by atoms with E-state index in [1.54, 1.807) is 6.92 Å². The molecular formula is C10H18O4S. The molecule has 0 spiro atoms. The SMILES string of the molecule is CCS(=O)(=O)CCC1(C(=O)O)CCCC1. The summed E-state index contributed by atoms with van der Waals surface area (Å²) in [6.45, 7) is 1.59. The number of aliphatic carboxylic acids is 1. The monoisotopic (exact) mass is 234 g/mol. The van der Waals surface area contributed by atoms with Crippen molar-refractivity contribution >= 4 is 15.8 Å². The van der Waals surface area contributed by atoms with Crippen molar-refractivity contribution in [3.63, 3.8) is 0 Å². The van der Waals surface area contributed by atoms with E-state index in [4.69, 9.17) is 5.11 Å². The summed E-state index contributed by atoms with van der Waals surface area (Å²) in [7, 11) is -3.04. The lowest BCUT2D eigenvalue weighted by Crippen LogP contribution is -2.30. The van der Waals surface area contributed by atoms with Crippen LogP contribution in [0.4, 0.5) is 0 Å². The molecule has 1 aliphatic rings. The highest BCUT2D eigenvalue weighted by Crippen LogP contribution is 2.41. The van der Waals surface area contributed by atoms with Crippen molar-refractivity contribution in [1.29, 1.82) is 0 Å². The molecule has 0 atom stereocenters. The van der Waals surface area contributed by atoms with Crippen LogP contribution < -0.4 is 0 Å². The Kier molecular flexibility index (Phi) is 3.76. The third-order valence-corrected chi connectivity index (χ3v) is 5.05. The Balaban J connectivity index is 2.65. The zero-order valence-electron chi connectivity index (χ0n) is 9.03. The van der Waals surface area contributed by atoms with Crippen LogP contribution >= 0.6 is 0 Å². The molecule has 15 heavy (non-hydrogen) atoms. The van der Waals surface area contributed by atoms with Gasteiger partial charge < -0.3 is 5.11 Å². The summed E-state index contributed by atoms with van der Waals surface area (Å²) in [4.78, 5) is 11.1. The van der Waals surface area contributed by atoms with E-state index in [9.17, 15) is 13.2 Å². The third kappa shape index (κ3) is 2.93. The molecule has 1 aliphatic carbocycles. The maximum atomic E-state index is 11.3. The predicted molar refractivity (Wildman–Crippen MR) is 57.5 cm³/mol. The maximum absolute atomic E-state index is 11.3. The molecule has 0 aromatic heterocycles.